The molecule has 0 saturated carbocycles. The van der Waals surface area contributed by atoms with Gasteiger partial charge < -0.3 is 30.7 Å². The number of phenols is 6. The lowest BCUT2D eigenvalue weighted by atomic mass is 9.94. The first-order chi connectivity index (χ1) is 16.4. The minimum Gasteiger partial charge on any atom is -0.507 e. The van der Waals surface area contributed by atoms with Gasteiger partial charge in [-0.3, -0.25) is 0 Å². The summed E-state index contributed by atoms with van der Waals surface area (Å²) in [5.74, 6) is 0.0776. The van der Waals surface area contributed by atoms with Gasteiger partial charge in [0.05, 0.1) is 0 Å². The van der Waals surface area contributed by atoms with Crippen molar-refractivity contribution >= 4 is 0 Å². The summed E-state index contributed by atoms with van der Waals surface area (Å²) in [5.41, 5.74) is 3.73. The summed E-state index contributed by atoms with van der Waals surface area (Å²) in [7, 11) is 0. The molecule has 0 aliphatic rings. The average molecular weight is 388 g/mol. The van der Waals surface area contributed by atoms with Crippen molar-refractivity contribution in [2.24, 2.45) is 0 Å². The Labute approximate surface area is 171 Å². The van der Waals surface area contributed by atoms with E-state index in [9.17, 15) is 0 Å². The topological polar surface area (TPSA) is 121 Å². The van der Waals surface area contributed by atoms with Crippen molar-refractivity contribution in [1.29, 1.82) is 8.59 Å². The Morgan fingerprint density at radius 1 is 0.607 bits per heavy atom. The van der Waals surface area contributed by atoms with Crippen molar-refractivity contribution in [2.45, 2.75) is 26.7 Å². The summed E-state index contributed by atoms with van der Waals surface area (Å²) in [6.45, 7) is 3.60. The molecule has 0 saturated heterocycles. The van der Waals surface area contributed by atoms with Gasteiger partial charge >= 0.3 is 0 Å². The van der Waals surface area contributed by atoms with Gasteiger partial charge in [-0.1, -0.05) is 35.9 Å². The monoisotopic (exact) mass is 388 g/mol. The minimum absolute atomic E-state index is 0.0855. The third-order valence-electron chi connectivity index (χ3n) is 4.70. The van der Waals surface area contributed by atoms with Gasteiger partial charge in [0.1, 0.15) is 5.75 Å². The predicted molar refractivity (Wildman–Crippen MR) is 104 cm³/mol. The Morgan fingerprint density at radius 3 is 1.75 bits per heavy atom. The Hall–Kier alpha value is -3.54. The van der Waals surface area contributed by atoms with Crippen LogP contribution >= 0.6 is 0 Å². The summed E-state index contributed by atoms with van der Waals surface area (Å²) in [5, 5.41) is 28.0. The molecule has 146 valence electrons. The van der Waals surface area contributed by atoms with Gasteiger partial charge in [0.15, 0.2) is 23.0 Å². The zero-order valence-electron chi connectivity index (χ0n) is 21.3. The number of phenolic OH excluding ortho intramolecular Hbond substituents is 6. The van der Waals surface area contributed by atoms with E-state index in [2.05, 4.69) is 20.4 Å². The molecule has 0 aliphatic carbocycles. The zero-order chi connectivity index (χ0) is 24.8. The van der Waals surface area contributed by atoms with E-state index in [-0.39, 0.29) is 47.3 Å². The van der Waals surface area contributed by atoms with E-state index >= 15 is 0 Å². The predicted octanol–water partition coefficient (Wildman–Crippen LogP) is 3.72. The molecular formula is C22H22O6. The largest absolute Gasteiger partial charge is 0.507 e. The van der Waals surface area contributed by atoms with Gasteiger partial charge in [-0.2, -0.15) is 0 Å². The highest BCUT2D eigenvalue weighted by molar-refractivity contribution is 5.57. The van der Waals surface area contributed by atoms with Crippen LogP contribution in [0.25, 0.3) is 0 Å². The highest BCUT2D eigenvalue weighted by Gasteiger charge is 2.17. The van der Waals surface area contributed by atoms with Crippen LogP contribution in [0.15, 0.2) is 36.4 Å². The lowest BCUT2D eigenvalue weighted by Gasteiger charge is -2.14. The van der Waals surface area contributed by atoms with E-state index in [1.807, 2.05) is 19.1 Å². The number of rotatable bonds is 10. The Kier molecular flexibility index (Phi) is 3.30. The first-order valence-electron chi connectivity index (χ1n) is 11.1. The molecule has 0 aromatic heterocycles. The number of aromatic hydroxyl groups is 6. The zero-order valence-corrected chi connectivity index (χ0v) is 15.3. The molecule has 0 atom stereocenters. The van der Waals surface area contributed by atoms with Crippen LogP contribution in [0.4, 0.5) is 0 Å². The Morgan fingerprint density at radius 2 is 1.18 bits per heavy atom. The first-order valence-corrected chi connectivity index (χ1v) is 8.62. The fourth-order valence-electron chi connectivity index (χ4n) is 3.17. The SMILES string of the molecule is [2H]Oc1ccc(Cc2cc(C)cc(Cc3ccc(C)c(O[2H])c3O[2H])c2O[2H])c(O[2H])c1O[2H]. The molecule has 0 amide bonds. The first kappa shape index (κ1) is 12.8. The van der Waals surface area contributed by atoms with Crippen LogP contribution in [0.1, 0.15) is 33.4 Å². The second-order valence-corrected chi connectivity index (χ2v) is 6.85. The van der Waals surface area contributed by atoms with Crippen molar-refractivity contribution < 1.29 is 30.7 Å². The Bertz CT molecular complexity index is 1170. The molecule has 6 N–H and O–H groups in total. The van der Waals surface area contributed by atoms with E-state index < -0.39 is 0 Å². The van der Waals surface area contributed by atoms with Crippen LogP contribution < -0.4 is 0 Å². The summed E-state index contributed by atoms with van der Waals surface area (Å²) in [4.78, 5) is 0. The van der Waals surface area contributed by atoms with E-state index in [1.54, 1.807) is 25.1 Å². The third-order valence-corrected chi connectivity index (χ3v) is 4.70. The van der Waals surface area contributed by atoms with Crippen molar-refractivity contribution in [3.8, 4) is 34.5 Å². The molecule has 0 spiro atoms. The van der Waals surface area contributed by atoms with Gasteiger partial charge in [-0.15, -0.1) is 0 Å². The molecule has 6 nitrogen and oxygen atoms in total. The highest BCUT2D eigenvalue weighted by Crippen LogP contribution is 2.40. The van der Waals surface area contributed by atoms with Gasteiger partial charge in [0, 0.05) is 24.0 Å². The van der Waals surface area contributed by atoms with Gasteiger partial charge in [-0.05, 0) is 36.6 Å². The molecule has 0 aliphatic heterocycles. The van der Waals surface area contributed by atoms with Crippen LogP contribution in [0, 0.1) is 13.8 Å². The van der Waals surface area contributed by atoms with E-state index in [1.165, 1.54) is 6.07 Å². The van der Waals surface area contributed by atoms with Gasteiger partial charge in [0.25, 0.3) is 8.59 Å². The second kappa shape index (κ2) is 7.23. The van der Waals surface area contributed by atoms with E-state index in [0.29, 0.717) is 27.8 Å². The van der Waals surface area contributed by atoms with Gasteiger partial charge in [0.2, 0.25) is 5.75 Å². The van der Waals surface area contributed by atoms with Crippen LogP contribution in [0.3, 0.4) is 0 Å². The van der Waals surface area contributed by atoms with Crippen molar-refractivity contribution in [3.05, 3.63) is 69.8 Å². The average Bonchev–Trinajstić information content (AvgIpc) is 2.84. The number of hydrogen-bond acceptors (Lipinski definition) is 6. The van der Waals surface area contributed by atoms with E-state index in [0.717, 1.165) is 5.56 Å². The van der Waals surface area contributed by atoms with Gasteiger partial charge in [-0.25, -0.2) is 0 Å². The molecule has 28 heavy (non-hydrogen) atoms. The van der Waals surface area contributed by atoms with Crippen molar-refractivity contribution in [1.82, 2.24) is 0 Å². The lowest BCUT2D eigenvalue weighted by Crippen LogP contribution is -1.97. The highest BCUT2D eigenvalue weighted by atomic mass is 16.3. The molecule has 3 rings (SSSR count). The molecule has 0 heterocycles. The molecule has 0 radical (unpaired) electrons. The maximum atomic E-state index is 7.69. The molecule has 3 aromatic rings. The third kappa shape index (κ3) is 3.49. The fourth-order valence-corrected chi connectivity index (χ4v) is 3.17. The summed E-state index contributed by atoms with van der Waals surface area (Å²) in [6.07, 6.45) is 0.380. The van der Waals surface area contributed by atoms with Crippen molar-refractivity contribution in [2.75, 3.05) is 0 Å². The standard InChI is InChI=1S/C22H22O6/c1-11-7-15(9-13-4-3-12(2)18(24)20(13)26)19(25)16(8-11)10-14-5-6-17(23)22(28)21(14)27/h3-8,23-28H,9-10H2,1-2H3/i/hD6. The normalized spacial score (nSPS) is 13.1. The quantitative estimate of drug-likeness (QED) is 0.294. The number of benzene rings is 3. The van der Waals surface area contributed by atoms with Crippen LogP contribution in [0.5, 0.6) is 34.5 Å². The van der Waals surface area contributed by atoms with E-state index in [4.69, 9.17) is 18.8 Å². The van der Waals surface area contributed by atoms with Crippen LogP contribution in [-0.2, 0) is 12.8 Å². The summed E-state index contributed by atoms with van der Waals surface area (Å²) >= 11 is 0. The summed E-state index contributed by atoms with van der Waals surface area (Å²) < 4.78 is 44.1. The second-order valence-electron chi connectivity index (χ2n) is 6.85. The van der Waals surface area contributed by atoms with Crippen LogP contribution in [0.2, 0.25) is 0 Å². The van der Waals surface area contributed by atoms with Crippen molar-refractivity contribution in [3.63, 3.8) is 0 Å². The summed E-state index contributed by atoms with van der Waals surface area (Å²) in [6, 6.07) is 10.1. The molecule has 0 fully saturated rings. The molecule has 3 aromatic carbocycles. The molecular weight excluding hydrogens is 360 g/mol. The Balaban J connectivity index is 2.08. The molecule has 0 unspecified atom stereocenters. The number of aryl methyl sites for hydroxylation is 2. The van der Waals surface area contributed by atoms with Crippen LogP contribution in [-0.4, -0.2) is 39.2 Å². The molecule has 6 heteroatoms. The smallest absolute Gasteiger partial charge is 0.293 e. The molecule has 0 bridgehead atoms. The lowest BCUT2D eigenvalue weighted by molar-refractivity contribution is 0.365. The minimum atomic E-state index is -0.219. The maximum absolute atomic E-state index is 7.69. The fraction of sp³-hybridized carbons (Fsp3) is 0.182. The maximum Gasteiger partial charge on any atom is 0.293 e. The number of hydrogen-bond donors (Lipinski definition) is 6.